The number of ether oxygens (including phenoxy) is 2. The van der Waals surface area contributed by atoms with E-state index in [-0.39, 0.29) is 37.1 Å². The Hall–Kier alpha value is -4.17. The molecule has 180 valence electrons. The Morgan fingerprint density at radius 2 is 1.64 bits per heavy atom. The Kier molecular flexibility index (Phi) is 4.50. The van der Waals surface area contributed by atoms with E-state index in [0.717, 1.165) is 11.1 Å². The van der Waals surface area contributed by atoms with Crippen LogP contribution in [0.25, 0.3) is 0 Å². The number of benzene rings is 3. The van der Waals surface area contributed by atoms with Crippen molar-refractivity contribution in [2.24, 2.45) is 11.8 Å². The average molecular weight is 482 g/mol. The molecule has 4 heterocycles. The van der Waals surface area contributed by atoms with Crippen molar-refractivity contribution in [3.63, 3.8) is 0 Å². The molecule has 0 unspecified atom stereocenters. The number of para-hydroxylation sites is 1. The van der Waals surface area contributed by atoms with E-state index in [9.17, 15) is 14.4 Å². The van der Waals surface area contributed by atoms with Gasteiger partial charge in [-0.1, -0.05) is 54.6 Å². The van der Waals surface area contributed by atoms with Gasteiger partial charge in [0.2, 0.25) is 24.5 Å². The summed E-state index contributed by atoms with van der Waals surface area (Å²) in [5.74, 6) is -1.15. The van der Waals surface area contributed by atoms with Crippen molar-refractivity contribution in [3.8, 4) is 11.5 Å². The molecule has 0 bridgehead atoms. The van der Waals surface area contributed by atoms with Gasteiger partial charge in [-0.2, -0.15) is 0 Å². The molecule has 3 aromatic carbocycles. The third-order valence-corrected chi connectivity index (χ3v) is 7.79. The van der Waals surface area contributed by atoms with Gasteiger partial charge >= 0.3 is 0 Å². The van der Waals surface area contributed by atoms with Crippen LogP contribution in [-0.4, -0.2) is 35.5 Å². The molecule has 0 saturated carbocycles. The van der Waals surface area contributed by atoms with E-state index in [4.69, 9.17) is 9.47 Å². The average Bonchev–Trinajstić information content (AvgIpc) is 3.62. The molecule has 3 amide bonds. The number of fused-ring (bicyclic) bond motifs is 5. The zero-order chi connectivity index (χ0) is 24.4. The molecule has 36 heavy (non-hydrogen) atoms. The molecule has 8 heteroatoms. The summed E-state index contributed by atoms with van der Waals surface area (Å²) in [4.78, 5) is 42.7. The van der Waals surface area contributed by atoms with Crippen molar-refractivity contribution in [1.82, 2.24) is 10.2 Å². The SMILES string of the molecule is O=C1[C@@H]2[C@H](Cc3ccccc3)N[C@]3(C(=O)Nc4ccccc43)[C@@H]2C(=O)N1Cc1ccc2c(c1)OCO2. The minimum absolute atomic E-state index is 0.110. The monoisotopic (exact) mass is 481 g/mol. The second kappa shape index (κ2) is 7.66. The van der Waals surface area contributed by atoms with Gasteiger partial charge in [0, 0.05) is 17.3 Å². The maximum absolute atomic E-state index is 14.0. The van der Waals surface area contributed by atoms with Gasteiger partial charge in [-0.25, -0.2) is 0 Å². The summed E-state index contributed by atoms with van der Waals surface area (Å²) in [5, 5.41) is 6.43. The first-order chi connectivity index (χ1) is 17.6. The molecule has 7 rings (SSSR count). The molecular weight excluding hydrogens is 458 g/mol. The van der Waals surface area contributed by atoms with Gasteiger partial charge in [-0.15, -0.1) is 0 Å². The molecule has 4 atom stereocenters. The number of imide groups is 1. The van der Waals surface area contributed by atoms with Crippen molar-refractivity contribution >= 4 is 23.4 Å². The lowest BCUT2D eigenvalue weighted by Gasteiger charge is -2.29. The van der Waals surface area contributed by atoms with Crippen molar-refractivity contribution in [1.29, 1.82) is 0 Å². The zero-order valence-electron chi connectivity index (χ0n) is 19.3. The van der Waals surface area contributed by atoms with Gasteiger partial charge in [0.15, 0.2) is 11.5 Å². The lowest BCUT2D eigenvalue weighted by Crippen LogP contribution is -2.53. The maximum atomic E-state index is 14.0. The van der Waals surface area contributed by atoms with E-state index in [0.29, 0.717) is 29.2 Å². The molecule has 4 aliphatic heterocycles. The number of carbonyl (C=O) groups excluding carboxylic acids is 3. The number of hydrogen-bond donors (Lipinski definition) is 2. The fraction of sp³-hybridized carbons (Fsp3) is 0.250. The minimum atomic E-state index is -1.29. The standard InChI is InChI=1S/C28H23N3O5/c32-25-23-20(12-16-6-2-1-3-7-16)30-28(18-8-4-5-9-19(18)29-27(28)34)24(23)26(33)31(25)14-17-10-11-21-22(13-17)36-15-35-21/h1-11,13,20,23-24,30H,12,14-15H2,(H,29,34)/t20-,23+,24-,28-/m0/s1. The van der Waals surface area contributed by atoms with Crippen LogP contribution in [0.4, 0.5) is 5.69 Å². The van der Waals surface area contributed by atoms with Crippen molar-refractivity contribution in [3.05, 3.63) is 89.5 Å². The number of nitrogens with one attached hydrogen (secondary N) is 2. The lowest BCUT2D eigenvalue weighted by molar-refractivity contribution is -0.143. The third kappa shape index (κ3) is 2.88. The summed E-state index contributed by atoms with van der Waals surface area (Å²) in [6.07, 6.45) is 0.524. The lowest BCUT2D eigenvalue weighted by atomic mass is 9.76. The van der Waals surface area contributed by atoms with Gasteiger partial charge < -0.3 is 14.8 Å². The van der Waals surface area contributed by atoms with E-state index >= 15 is 0 Å². The van der Waals surface area contributed by atoms with Gasteiger partial charge in [-0.05, 0) is 35.7 Å². The predicted molar refractivity (Wildman–Crippen MR) is 129 cm³/mol. The van der Waals surface area contributed by atoms with Gasteiger partial charge in [-0.3, -0.25) is 24.6 Å². The molecule has 1 spiro atoms. The Balaban J connectivity index is 1.29. The van der Waals surface area contributed by atoms with Gasteiger partial charge in [0.05, 0.1) is 18.4 Å². The molecule has 0 aromatic heterocycles. The first-order valence-corrected chi connectivity index (χ1v) is 12.0. The Labute approximate surface area is 207 Å². The van der Waals surface area contributed by atoms with E-state index in [1.807, 2.05) is 60.7 Å². The van der Waals surface area contributed by atoms with Crippen molar-refractivity contribution in [2.75, 3.05) is 12.1 Å². The number of hydrogen-bond acceptors (Lipinski definition) is 6. The third-order valence-electron chi connectivity index (χ3n) is 7.79. The van der Waals surface area contributed by atoms with E-state index in [1.165, 1.54) is 4.90 Å². The zero-order valence-corrected chi connectivity index (χ0v) is 19.3. The van der Waals surface area contributed by atoms with Crippen LogP contribution in [0.2, 0.25) is 0 Å². The van der Waals surface area contributed by atoms with Gasteiger partial charge in [0.25, 0.3) is 0 Å². The fourth-order valence-electron chi connectivity index (χ4n) is 6.24. The van der Waals surface area contributed by atoms with Crippen LogP contribution in [0.15, 0.2) is 72.8 Å². The maximum Gasteiger partial charge on any atom is 0.250 e. The number of anilines is 1. The van der Waals surface area contributed by atoms with Gasteiger partial charge in [0.1, 0.15) is 5.54 Å². The van der Waals surface area contributed by atoms with E-state index in [1.54, 1.807) is 12.1 Å². The quantitative estimate of drug-likeness (QED) is 0.556. The Morgan fingerprint density at radius 3 is 2.50 bits per heavy atom. The molecule has 2 saturated heterocycles. The highest BCUT2D eigenvalue weighted by Crippen LogP contribution is 2.53. The van der Waals surface area contributed by atoms with Crippen LogP contribution in [-0.2, 0) is 32.9 Å². The van der Waals surface area contributed by atoms with Crippen LogP contribution in [0.1, 0.15) is 16.7 Å². The Bertz CT molecular complexity index is 1420. The number of rotatable bonds is 4. The minimum Gasteiger partial charge on any atom is -0.454 e. The topological polar surface area (TPSA) is 97.0 Å². The van der Waals surface area contributed by atoms with Crippen LogP contribution in [0.3, 0.4) is 0 Å². The normalized spacial score (nSPS) is 27.5. The number of likely N-dealkylation sites (tertiary alicyclic amines) is 1. The number of amides is 3. The first kappa shape index (κ1) is 21.1. The van der Waals surface area contributed by atoms with Crippen LogP contribution >= 0.6 is 0 Å². The smallest absolute Gasteiger partial charge is 0.250 e. The second-order valence-electron chi connectivity index (χ2n) is 9.70. The second-order valence-corrected chi connectivity index (χ2v) is 9.70. The van der Waals surface area contributed by atoms with Crippen molar-refractivity contribution < 1.29 is 23.9 Å². The highest BCUT2D eigenvalue weighted by Gasteiger charge is 2.70. The molecule has 8 nitrogen and oxygen atoms in total. The largest absolute Gasteiger partial charge is 0.454 e. The summed E-state index contributed by atoms with van der Waals surface area (Å²) < 4.78 is 10.9. The fourth-order valence-corrected chi connectivity index (χ4v) is 6.24. The summed E-state index contributed by atoms with van der Waals surface area (Å²) in [6.45, 7) is 0.257. The van der Waals surface area contributed by atoms with E-state index < -0.39 is 17.4 Å². The summed E-state index contributed by atoms with van der Waals surface area (Å²) >= 11 is 0. The number of carbonyl (C=O) groups is 3. The Morgan fingerprint density at radius 1 is 0.861 bits per heavy atom. The van der Waals surface area contributed by atoms with E-state index in [2.05, 4.69) is 10.6 Å². The molecular formula is C28H23N3O5. The van der Waals surface area contributed by atoms with Crippen LogP contribution in [0, 0.1) is 11.8 Å². The molecule has 4 aliphatic rings. The molecule has 2 N–H and O–H groups in total. The summed E-state index contributed by atoms with van der Waals surface area (Å²) in [6, 6.07) is 22.2. The predicted octanol–water partition coefficient (Wildman–Crippen LogP) is 2.58. The van der Waals surface area contributed by atoms with Crippen LogP contribution in [0.5, 0.6) is 11.5 Å². The molecule has 0 radical (unpaired) electrons. The first-order valence-electron chi connectivity index (χ1n) is 12.0. The van der Waals surface area contributed by atoms with Crippen LogP contribution < -0.4 is 20.1 Å². The molecule has 3 aromatic rings. The molecule has 0 aliphatic carbocycles. The summed E-state index contributed by atoms with van der Waals surface area (Å²) in [7, 11) is 0. The highest BCUT2D eigenvalue weighted by molar-refractivity contribution is 6.15. The highest BCUT2D eigenvalue weighted by atomic mass is 16.7. The van der Waals surface area contributed by atoms with Crippen molar-refractivity contribution in [2.45, 2.75) is 24.5 Å². The summed E-state index contributed by atoms with van der Waals surface area (Å²) in [5.41, 5.74) is 1.89. The molecule has 2 fully saturated rings. The number of nitrogens with zero attached hydrogens (tertiary/aromatic N) is 1.